The lowest BCUT2D eigenvalue weighted by Gasteiger charge is -2.22. The van der Waals surface area contributed by atoms with Crippen molar-refractivity contribution in [1.29, 1.82) is 0 Å². The lowest BCUT2D eigenvalue weighted by Crippen LogP contribution is -2.08. The zero-order chi connectivity index (χ0) is 39.4. The Labute approximate surface area is 335 Å². The van der Waals surface area contributed by atoms with E-state index in [1.165, 1.54) is 79.1 Å². The molecule has 4 heteroatoms. The molecule has 1 saturated carbocycles. The summed E-state index contributed by atoms with van der Waals surface area (Å²) in [6.45, 7) is 23.5. The number of hydrogen-bond acceptors (Lipinski definition) is 0. The lowest BCUT2D eigenvalue weighted by atomic mass is 9.84. The van der Waals surface area contributed by atoms with Gasteiger partial charge < -0.3 is 0 Å². The van der Waals surface area contributed by atoms with Crippen LogP contribution < -0.4 is 0 Å². The van der Waals surface area contributed by atoms with Gasteiger partial charge >= 0.3 is 0 Å². The molecule has 5 aromatic carbocycles. The van der Waals surface area contributed by atoms with Crippen LogP contribution in [0.5, 0.6) is 0 Å². The largest absolute Gasteiger partial charge is 0.207 e. The van der Waals surface area contributed by atoms with Crippen molar-refractivity contribution < 1.29 is 17.6 Å². The van der Waals surface area contributed by atoms with E-state index in [4.69, 9.17) is 0 Å². The molecule has 6 rings (SSSR count). The summed E-state index contributed by atoms with van der Waals surface area (Å²) >= 11 is 0. The van der Waals surface area contributed by atoms with Gasteiger partial charge in [-0.3, -0.25) is 0 Å². The second-order valence-electron chi connectivity index (χ2n) is 14.5. The summed E-state index contributed by atoms with van der Waals surface area (Å²) in [6, 6.07) is 30.0. The van der Waals surface area contributed by atoms with Crippen molar-refractivity contribution in [2.75, 3.05) is 0 Å². The summed E-state index contributed by atoms with van der Waals surface area (Å²) in [5.74, 6) is 0.859. The summed E-state index contributed by atoms with van der Waals surface area (Å²) in [5, 5.41) is 0. The van der Waals surface area contributed by atoms with E-state index < -0.39 is 11.6 Å². The van der Waals surface area contributed by atoms with E-state index >= 15 is 0 Å². The molecule has 1 aliphatic carbocycles. The third-order valence-corrected chi connectivity index (χ3v) is 8.82. The Balaban J connectivity index is -0.000000585. The maximum Gasteiger partial charge on any atom is 0.129 e. The maximum atomic E-state index is 12.6. The molecule has 0 aromatic heterocycles. The van der Waals surface area contributed by atoms with Gasteiger partial charge in [-0.2, -0.15) is 0 Å². The van der Waals surface area contributed by atoms with Gasteiger partial charge in [0.2, 0.25) is 0 Å². The van der Waals surface area contributed by atoms with E-state index in [-0.39, 0.29) is 39.5 Å². The maximum absolute atomic E-state index is 12.6. The van der Waals surface area contributed by atoms with Crippen molar-refractivity contribution in [3.63, 3.8) is 0 Å². The summed E-state index contributed by atoms with van der Waals surface area (Å²) in [4.78, 5) is 0. The van der Waals surface area contributed by atoms with Crippen LogP contribution in [0.2, 0.25) is 0 Å². The average molecular weight is 763 g/mol. The molecule has 0 bridgehead atoms. The molecule has 0 heterocycles. The van der Waals surface area contributed by atoms with Crippen molar-refractivity contribution >= 4 is 0 Å². The minimum atomic E-state index is -0.475. The molecule has 0 N–H and O–H groups in total. The van der Waals surface area contributed by atoms with Gasteiger partial charge in [-0.05, 0) is 133 Å². The van der Waals surface area contributed by atoms with Gasteiger partial charge in [0.1, 0.15) is 23.3 Å². The zero-order valence-electron chi connectivity index (χ0n) is 33.7. The molecule has 0 unspecified atom stereocenters. The third kappa shape index (κ3) is 24.8. The number of halogens is 4. The summed E-state index contributed by atoms with van der Waals surface area (Å²) in [6.07, 6.45) is 5.89. The Kier molecular flexibility index (Phi) is 29.2. The van der Waals surface area contributed by atoms with Crippen molar-refractivity contribution in [1.82, 2.24) is 0 Å². The van der Waals surface area contributed by atoms with Crippen LogP contribution in [0, 0.1) is 104 Å². The Bertz CT molecular complexity index is 1560. The minimum absolute atomic E-state index is 0. The van der Waals surface area contributed by atoms with Crippen molar-refractivity contribution in [2.45, 2.75) is 131 Å². The molecular formula is C51H74F4. The van der Waals surface area contributed by atoms with E-state index in [2.05, 4.69) is 90.1 Å². The van der Waals surface area contributed by atoms with E-state index in [1.807, 2.05) is 26.0 Å². The highest BCUT2D eigenvalue weighted by atomic mass is 19.1. The second kappa shape index (κ2) is 29.2. The average Bonchev–Trinajstić information content (AvgIpc) is 3.09. The van der Waals surface area contributed by atoms with E-state index in [1.54, 1.807) is 32.9 Å². The second-order valence-corrected chi connectivity index (χ2v) is 14.5. The molecule has 1 aliphatic rings. The van der Waals surface area contributed by atoms with Gasteiger partial charge in [-0.1, -0.05) is 157 Å². The Morgan fingerprint density at radius 1 is 0.327 bits per heavy atom. The quantitative estimate of drug-likeness (QED) is 0.138. The van der Waals surface area contributed by atoms with Crippen LogP contribution in [-0.2, 0) is 0 Å². The molecule has 0 radical (unpaired) electrons. The van der Waals surface area contributed by atoms with Gasteiger partial charge in [0, 0.05) is 5.56 Å². The fourth-order valence-corrected chi connectivity index (χ4v) is 4.87. The van der Waals surface area contributed by atoms with Crippen molar-refractivity contribution in [3.8, 4) is 0 Å². The summed E-state index contributed by atoms with van der Waals surface area (Å²) < 4.78 is 50.4. The normalized spacial score (nSPS) is 13.5. The van der Waals surface area contributed by atoms with Crippen LogP contribution in [0.15, 0.2) is 97.1 Å². The van der Waals surface area contributed by atoms with E-state index in [0.29, 0.717) is 16.7 Å². The third-order valence-electron chi connectivity index (χ3n) is 8.82. The molecule has 306 valence electrons. The number of benzene rings is 5. The molecule has 55 heavy (non-hydrogen) atoms. The van der Waals surface area contributed by atoms with Crippen molar-refractivity contribution in [2.24, 2.45) is 11.8 Å². The SMILES string of the molecule is C.C.C.CC1CCC(C)CC1.Cc1cc(F)c(C)c(F)c1.Cc1ccc(C)c(F)c1.Cc1ccc(C)c(F)c1.Cc1ccc(C)cc1.Cc1ccc(C)cc1. The van der Waals surface area contributed by atoms with Crippen LogP contribution in [0.1, 0.15) is 117 Å². The minimum Gasteiger partial charge on any atom is -0.207 e. The van der Waals surface area contributed by atoms with Gasteiger partial charge in [0.15, 0.2) is 0 Å². The zero-order valence-corrected chi connectivity index (χ0v) is 33.7. The van der Waals surface area contributed by atoms with Crippen LogP contribution in [0.3, 0.4) is 0 Å². The van der Waals surface area contributed by atoms with Gasteiger partial charge in [0.05, 0.1) is 0 Å². The molecule has 0 spiro atoms. The van der Waals surface area contributed by atoms with Crippen LogP contribution in [-0.4, -0.2) is 0 Å². The molecular weight excluding hydrogens is 689 g/mol. The highest BCUT2D eigenvalue weighted by molar-refractivity contribution is 5.25. The first-order chi connectivity index (χ1) is 24.4. The van der Waals surface area contributed by atoms with Crippen LogP contribution in [0.4, 0.5) is 17.6 Å². The number of hydrogen-bond donors (Lipinski definition) is 0. The smallest absolute Gasteiger partial charge is 0.129 e. The van der Waals surface area contributed by atoms with Gasteiger partial charge in [0.25, 0.3) is 0 Å². The monoisotopic (exact) mass is 763 g/mol. The molecule has 0 amide bonds. The molecule has 5 aromatic rings. The standard InChI is InChI=1S/C8H8F2.2C8H9F.C8H16.2C8H10.3CH4/c1-5-3-7(9)6(2)8(10)4-5;2*1-6-3-4-7(2)8(9)5-6;3*1-7-3-5-8(2)6-4-7;;;/h3-4H,1-2H3;2*3-5H,1-2H3;7-8H,3-6H2,1-2H3;2*3-6H,1-2H3;3*1H4. The fraction of sp³-hybridized carbons (Fsp3) is 0.412. The van der Waals surface area contributed by atoms with Crippen LogP contribution in [0.25, 0.3) is 0 Å². The first-order valence-electron chi connectivity index (χ1n) is 18.3. The van der Waals surface area contributed by atoms with Crippen molar-refractivity contribution in [3.05, 3.63) is 176 Å². The molecule has 0 nitrogen and oxygen atoms in total. The number of aryl methyl sites for hydroxylation is 9. The van der Waals surface area contributed by atoms with Gasteiger partial charge in [-0.25, -0.2) is 17.6 Å². The Morgan fingerprint density at radius 3 is 0.764 bits per heavy atom. The van der Waals surface area contributed by atoms with E-state index in [9.17, 15) is 17.6 Å². The van der Waals surface area contributed by atoms with Crippen LogP contribution >= 0.6 is 0 Å². The molecule has 1 fully saturated rings. The first-order valence-corrected chi connectivity index (χ1v) is 18.3. The first kappa shape index (κ1) is 55.2. The fourth-order valence-electron chi connectivity index (χ4n) is 4.87. The summed E-state index contributed by atoms with van der Waals surface area (Å²) in [7, 11) is 0. The topological polar surface area (TPSA) is 0 Å². The summed E-state index contributed by atoms with van der Waals surface area (Å²) in [5.41, 5.74) is 9.38. The Morgan fingerprint density at radius 2 is 0.545 bits per heavy atom. The molecule has 0 saturated heterocycles. The Hall–Kier alpha value is -4.18. The van der Waals surface area contributed by atoms with Gasteiger partial charge in [-0.15, -0.1) is 0 Å². The predicted molar refractivity (Wildman–Crippen MR) is 236 cm³/mol. The lowest BCUT2D eigenvalue weighted by molar-refractivity contribution is 0.308. The number of rotatable bonds is 0. The molecule has 0 atom stereocenters. The highest BCUT2D eigenvalue weighted by Gasteiger charge is 2.13. The predicted octanol–water partition coefficient (Wildman–Crippen LogP) is 16.8. The highest BCUT2D eigenvalue weighted by Crippen LogP contribution is 2.27. The molecule has 0 aliphatic heterocycles. The van der Waals surface area contributed by atoms with E-state index in [0.717, 1.165) is 23.0 Å².